The van der Waals surface area contributed by atoms with E-state index in [2.05, 4.69) is 20.6 Å². The van der Waals surface area contributed by atoms with Gasteiger partial charge in [-0.2, -0.15) is 0 Å². The molecule has 21 heavy (non-hydrogen) atoms. The number of hydrogen-bond donors (Lipinski definition) is 3. The first-order valence-electron chi connectivity index (χ1n) is 6.80. The largest absolute Gasteiger partial charge is 0.350 e. The molecule has 0 fully saturated rings. The van der Waals surface area contributed by atoms with Crippen LogP contribution < -0.4 is 10.6 Å². The van der Waals surface area contributed by atoms with Crippen LogP contribution in [0.25, 0.3) is 0 Å². The summed E-state index contributed by atoms with van der Waals surface area (Å²) in [5.41, 5.74) is 3.30. The van der Waals surface area contributed by atoms with Gasteiger partial charge in [-0.25, -0.2) is 4.98 Å². The normalized spacial score (nSPS) is 17.0. The van der Waals surface area contributed by atoms with E-state index in [4.69, 9.17) is 0 Å². The highest BCUT2D eigenvalue weighted by Gasteiger charge is 2.30. The molecule has 1 aromatic carbocycles. The molecule has 108 valence electrons. The maximum atomic E-state index is 12.4. The molecule has 1 aliphatic heterocycles. The first-order chi connectivity index (χ1) is 10.1. The maximum Gasteiger partial charge on any atom is 0.228 e. The Labute approximate surface area is 122 Å². The van der Waals surface area contributed by atoms with E-state index in [0.717, 1.165) is 17.0 Å². The number of nitrogens with zero attached hydrogens (tertiary/aromatic N) is 1. The Bertz CT molecular complexity index is 692. The smallest absolute Gasteiger partial charge is 0.228 e. The van der Waals surface area contributed by atoms with Gasteiger partial charge >= 0.3 is 0 Å². The standard InChI is InChI=1S/C15H16N4O2/c1-9-13(18-8-17-9)7-16-15(21)11-6-14(20)19-12-5-3-2-4-10(11)12/h2-5,8,11H,6-7H2,1H3,(H,16,21)(H,17,18)(H,19,20)/t11-/m0/s1. The second kappa shape index (κ2) is 5.40. The molecule has 0 radical (unpaired) electrons. The van der Waals surface area contributed by atoms with Crippen LogP contribution >= 0.6 is 0 Å². The molecule has 2 aromatic rings. The van der Waals surface area contributed by atoms with Crippen molar-refractivity contribution in [3.63, 3.8) is 0 Å². The van der Waals surface area contributed by atoms with Gasteiger partial charge in [0.05, 0.1) is 24.5 Å². The first kappa shape index (κ1) is 13.4. The van der Waals surface area contributed by atoms with Crippen molar-refractivity contribution in [3.8, 4) is 0 Å². The summed E-state index contributed by atoms with van der Waals surface area (Å²) >= 11 is 0. The molecular weight excluding hydrogens is 268 g/mol. The molecule has 3 N–H and O–H groups in total. The molecule has 0 saturated heterocycles. The first-order valence-corrected chi connectivity index (χ1v) is 6.80. The van der Waals surface area contributed by atoms with Crippen molar-refractivity contribution in [2.75, 3.05) is 5.32 Å². The summed E-state index contributed by atoms with van der Waals surface area (Å²) in [4.78, 5) is 31.2. The fourth-order valence-electron chi connectivity index (χ4n) is 2.50. The molecule has 1 aliphatic rings. The van der Waals surface area contributed by atoms with Gasteiger partial charge in [-0.15, -0.1) is 0 Å². The number of hydrogen-bond acceptors (Lipinski definition) is 3. The third-order valence-electron chi connectivity index (χ3n) is 3.68. The van der Waals surface area contributed by atoms with Gasteiger partial charge in [0.25, 0.3) is 0 Å². The SMILES string of the molecule is Cc1[nH]cnc1CNC(=O)[C@H]1CC(=O)Nc2ccccc21. The summed E-state index contributed by atoms with van der Waals surface area (Å²) in [6.45, 7) is 2.26. The molecule has 3 rings (SSSR count). The molecule has 0 spiro atoms. The summed E-state index contributed by atoms with van der Waals surface area (Å²) in [5.74, 6) is -0.737. The van der Waals surface area contributed by atoms with Crippen molar-refractivity contribution in [1.29, 1.82) is 0 Å². The lowest BCUT2D eigenvalue weighted by atomic mass is 9.90. The number of benzene rings is 1. The number of imidazole rings is 1. The Morgan fingerprint density at radius 2 is 2.24 bits per heavy atom. The average molecular weight is 284 g/mol. The summed E-state index contributed by atoms with van der Waals surface area (Å²) in [5, 5.41) is 5.64. The second-order valence-electron chi connectivity index (χ2n) is 5.08. The third-order valence-corrected chi connectivity index (χ3v) is 3.68. The second-order valence-corrected chi connectivity index (χ2v) is 5.08. The highest BCUT2D eigenvalue weighted by atomic mass is 16.2. The monoisotopic (exact) mass is 284 g/mol. The molecule has 2 amide bonds. The highest BCUT2D eigenvalue weighted by molar-refractivity contribution is 6.01. The zero-order chi connectivity index (χ0) is 14.8. The Balaban J connectivity index is 1.76. The van der Waals surface area contributed by atoms with Crippen LogP contribution in [0.2, 0.25) is 0 Å². The van der Waals surface area contributed by atoms with Gasteiger partial charge in [-0.3, -0.25) is 9.59 Å². The molecule has 6 nitrogen and oxygen atoms in total. The van der Waals surface area contributed by atoms with Gasteiger partial charge in [-0.1, -0.05) is 18.2 Å². The van der Waals surface area contributed by atoms with Gasteiger partial charge < -0.3 is 15.6 Å². The van der Waals surface area contributed by atoms with Crippen LogP contribution in [0.3, 0.4) is 0 Å². The molecule has 0 saturated carbocycles. The van der Waals surface area contributed by atoms with E-state index in [0.29, 0.717) is 12.2 Å². The van der Waals surface area contributed by atoms with Crippen molar-refractivity contribution in [2.45, 2.75) is 25.8 Å². The molecule has 0 bridgehead atoms. The van der Waals surface area contributed by atoms with Crippen molar-refractivity contribution >= 4 is 17.5 Å². The van der Waals surface area contributed by atoms with Crippen LogP contribution in [-0.2, 0) is 16.1 Å². The van der Waals surface area contributed by atoms with E-state index in [1.54, 1.807) is 6.33 Å². The minimum Gasteiger partial charge on any atom is -0.350 e. The molecule has 1 aromatic heterocycles. The number of H-pyrrole nitrogens is 1. The van der Waals surface area contributed by atoms with Gasteiger partial charge in [0, 0.05) is 17.8 Å². The van der Waals surface area contributed by atoms with Crippen LogP contribution in [0.1, 0.15) is 29.3 Å². The zero-order valence-corrected chi connectivity index (χ0v) is 11.6. The lowest BCUT2D eigenvalue weighted by Crippen LogP contribution is -2.34. The van der Waals surface area contributed by atoms with Gasteiger partial charge in [0.2, 0.25) is 11.8 Å². The Morgan fingerprint density at radius 3 is 3.00 bits per heavy atom. The summed E-state index contributed by atoms with van der Waals surface area (Å²) < 4.78 is 0. The number of aryl methyl sites for hydroxylation is 1. The van der Waals surface area contributed by atoms with Crippen molar-refractivity contribution in [3.05, 3.63) is 47.5 Å². The average Bonchev–Trinajstić information content (AvgIpc) is 2.89. The summed E-state index contributed by atoms with van der Waals surface area (Å²) in [6.07, 6.45) is 1.77. The number of carbonyl (C=O) groups excluding carboxylic acids is 2. The van der Waals surface area contributed by atoms with Crippen molar-refractivity contribution in [2.24, 2.45) is 0 Å². The van der Waals surface area contributed by atoms with E-state index in [9.17, 15) is 9.59 Å². The Hall–Kier alpha value is -2.63. The molecule has 1 atom stereocenters. The summed E-state index contributed by atoms with van der Waals surface area (Å²) in [7, 11) is 0. The lowest BCUT2D eigenvalue weighted by Gasteiger charge is -2.24. The Morgan fingerprint density at radius 1 is 1.43 bits per heavy atom. The number of aromatic nitrogens is 2. The van der Waals surface area contributed by atoms with Gasteiger partial charge in [-0.05, 0) is 18.6 Å². The maximum absolute atomic E-state index is 12.4. The van der Waals surface area contributed by atoms with Crippen LogP contribution in [0.5, 0.6) is 0 Å². The van der Waals surface area contributed by atoms with E-state index in [-0.39, 0.29) is 18.2 Å². The zero-order valence-electron chi connectivity index (χ0n) is 11.6. The number of rotatable bonds is 3. The van der Waals surface area contributed by atoms with Crippen molar-refractivity contribution in [1.82, 2.24) is 15.3 Å². The number of aromatic amines is 1. The number of fused-ring (bicyclic) bond motifs is 1. The van der Waals surface area contributed by atoms with Gasteiger partial charge in [0.1, 0.15) is 0 Å². The highest BCUT2D eigenvalue weighted by Crippen LogP contribution is 2.31. The van der Waals surface area contributed by atoms with Crippen LogP contribution in [0.4, 0.5) is 5.69 Å². The van der Waals surface area contributed by atoms with E-state index in [1.165, 1.54) is 0 Å². The fraction of sp³-hybridized carbons (Fsp3) is 0.267. The summed E-state index contributed by atoms with van der Waals surface area (Å²) in [6, 6.07) is 7.39. The topological polar surface area (TPSA) is 86.9 Å². The minimum atomic E-state index is -0.450. The number of nitrogens with one attached hydrogen (secondary N) is 3. The van der Waals surface area contributed by atoms with Crippen molar-refractivity contribution < 1.29 is 9.59 Å². The van der Waals surface area contributed by atoms with E-state index >= 15 is 0 Å². The van der Waals surface area contributed by atoms with E-state index < -0.39 is 5.92 Å². The van der Waals surface area contributed by atoms with E-state index in [1.807, 2.05) is 31.2 Å². The molecule has 2 heterocycles. The molecule has 6 heteroatoms. The van der Waals surface area contributed by atoms with Crippen LogP contribution in [-0.4, -0.2) is 21.8 Å². The van der Waals surface area contributed by atoms with Gasteiger partial charge in [0.15, 0.2) is 0 Å². The quantitative estimate of drug-likeness (QED) is 0.797. The van der Waals surface area contributed by atoms with Crippen LogP contribution in [0.15, 0.2) is 30.6 Å². The number of amides is 2. The molecule has 0 aliphatic carbocycles. The molecular formula is C15H16N4O2. The third kappa shape index (κ3) is 2.65. The number of carbonyl (C=O) groups is 2. The number of para-hydroxylation sites is 1. The number of anilines is 1. The lowest BCUT2D eigenvalue weighted by molar-refractivity contribution is -0.126. The predicted octanol–water partition coefficient (Wildman–Crippen LogP) is 1.46. The fourth-order valence-corrected chi connectivity index (χ4v) is 2.50. The minimum absolute atomic E-state index is 0.134. The van der Waals surface area contributed by atoms with Crippen LogP contribution in [0, 0.1) is 6.92 Å². The Kier molecular flexibility index (Phi) is 3.43. The molecule has 0 unspecified atom stereocenters. The predicted molar refractivity (Wildman–Crippen MR) is 77.6 cm³/mol.